The third-order valence-corrected chi connectivity index (χ3v) is 5.81. The van der Waals surface area contributed by atoms with Crippen molar-refractivity contribution in [2.75, 3.05) is 49.1 Å². The molecule has 2 aliphatic rings. The van der Waals surface area contributed by atoms with E-state index in [2.05, 4.69) is 40.0 Å². The number of hydrogen-bond donors (Lipinski definition) is 0. The number of anilines is 2. The third-order valence-electron chi connectivity index (χ3n) is 5.81. The zero-order valence-electron chi connectivity index (χ0n) is 17.2. The average Bonchev–Trinajstić information content (AvgIpc) is 3.40. The first-order chi connectivity index (χ1) is 15.3. The molecule has 5 rings (SSSR count). The molecule has 5 heterocycles. The first kappa shape index (κ1) is 19.3. The Balaban J connectivity index is 1.19. The monoisotopic (exact) mass is 420 g/mol. The molecule has 2 saturated heterocycles. The van der Waals surface area contributed by atoms with Crippen molar-refractivity contribution in [3.8, 4) is 5.82 Å². The fourth-order valence-electron chi connectivity index (χ4n) is 4.16. The molecule has 11 nitrogen and oxygen atoms in total. The summed E-state index contributed by atoms with van der Waals surface area (Å²) in [7, 11) is 0. The van der Waals surface area contributed by atoms with Gasteiger partial charge in [-0.25, -0.2) is 19.6 Å². The standard InChI is InChI=1S/C20H24N10O/c31-19(27-9-11-28(12-10-27)20-22-6-2-7-23-20)16-3-1-8-29(13-16)17-4-5-18(26-25-17)30-15-21-14-24-30/h2,4-7,14-16H,1,3,8-13H2. The van der Waals surface area contributed by atoms with Crippen LogP contribution in [0.4, 0.5) is 11.8 Å². The molecule has 2 fully saturated rings. The van der Waals surface area contributed by atoms with Gasteiger partial charge < -0.3 is 14.7 Å². The molecule has 11 heteroatoms. The summed E-state index contributed by atoms with van der Waals surface area (Å²) < 4.78 is 1.57. The van der Waals surface area contributed by atoms with Crippen molar-refractivity contribution in [1.29, 1.82) is 0 Å². The average molecular weight is 420 g/mol. The van der Waals surface area contributed by atoms with Gasteiger partial charge in [-0.15, -0.1) is 10.2 Å². The van der Waals surface area contributed by atoms with Gasteiger partial charge in [0.05, 0.1) is 5.92 Å². The van der Waals surface area contributed by atoms with Crippen molar-refractivity contribution in [3.63, 3.8) is 0 Å². The van der Waals surface area contributed by atoms with Gasteiger partial charge in [0.25, 0.3) is 0 Å². The van der Waals surface area contributed by atoms with E-state index in [1.165, 1.54) is 6.33 Å². The molecule has 1 unspecified atom stereocenters. The van der Waals surface area contributed by atoms with E-state index >= 15 is 0 Å². The van der Waals surface area contributed by atoms with E-state index in [-0.39, 0.29) is 11.8 Å². The summed E-state index contributed by atoms with van der Waals surface area (Å²) in [6.07, 6.45) is 8.41. The molecule has 0 bridgehead atoms. The molecule has 160 valence electrons. The number of nitrogens with zero attached hydrogens (tertiary/aromatic N) is 10. The van der Waals surface area contributed by atoms with Crippen molar-refractivity contribution in [3.05, 3.63) is 43.2 Å². The molecule has 0 saturated carbocycles. The van der Waals surface area contributed by atoms with Crippen LogP contribution in [0.1, 0.15) is 12.8 Å². The minimum absolute atomic E-state index is 0.0231. The zero-order chi connectivity index (χ0) is 21.0. The van der Waals surface area contributed by atoms with Crippen LogP contribution in [-0.4, -0.2) is 85.0 Å². The summed E-state index contributed by atoms with van der Waals surface area (Å²) in [5.41, 5.74) is 0. The number of rotatable bonds is 4. The number of amides is 1. The Hall–Kier alpha value is -3.63. The number of carbonyl (C=O) groups is 1. The molecule has 3 aromatic heterocycles. The summed E-state index contributed by atoms with van der Waals surface area (Å²) in [5, 5.41) is 12.7. The van der Waals surface area contributed by atoms with Gasteiger partial charge in [0.2, 0.25) is 11.9 Å². The molecule has 1 amide bonds. The van der Waals surface area contributed by atoms with Crippen molar-refractivity contribution < 1.29 is 4.79 Å². The van der Waals surface area contributed by atoms with Crippen molar-refractivity contribution in [2.24, 2.45) is 5.92 Å². The van der Waals surface area contributed by atoms with Crippen LogP contribution in [-0.2, 0) is 4.79 Å². The largest absolute Gasteiger partial charge is 0.354 e. The quantitative estimate of drug-likeness (QED) is 0.593. The van der Waals surface area contributed by atoms with E-state index in [0.29, 0.717) is 25.5 Å². The van der Waals surface area contributed by atoms with Gasteiger partial charge in [-0.1, -0.05) is 0 Å². The Morgan fingerprint density at radius 3 is 2.42 bits per heavy atom. The highest BCUT2D eigenvalue weighted by Gasteiger charge is 2.32. The van der Waals surface area contributed by atoms with E-state index in [0.717, 1.165) is 44.2 Å². The first-order valence-electron chi connectivity index (χ1n) is 10.5. The Labute approximate surface area is 179 Å². The van der Waals surface area contributed by atoms with Gasteiger partial charge in [-0.3, -0.25) is 4.79 Å². The summed E-state index contributed by atoms with van der Waals surface area (Å²) in [4.78, 5) is 32.0. The minimum atomic E-state index is -0.0231. The summed E-state index contributed by atoms with van der Waals surface area (Å²) in [5.74, 6) is 2.33. The SMILES string of the molecule is O=C(C1CCCN(c2ccc(-n3cncn3)nn2)C1)N1CCN(c2ncccn2)CC1. The molecule has 0 N–H and O–H groups in total. The topological polar surface area (TPSA) is 109 Å². The fraction of sp³-hybridized carbons (Fsp3) is 0.450. The van der Waals surface area contributed by atoms with E-state index in [1.807, 2.05) is 23.1 Å². The number of carbonyl (C=O) groups excluding carboxylic acids is 1. The maximum atomic E-state index is 13.2. The Kier molecular flexibility index (Phi) is 5.38. The highest BCUT2D eigenvalue weighted by molar-refractivity contribution is 5.80. The van der Waals surface area contributed by atoms with E-state index < -0.39 is 0 Å². The molecule has 0 radical (unpaired) electrons. The number of piperazine rings is 1. The molecule has 2 aliphatic heterocycles. The Morgan fingerprint density at radius 1 is 0.935 bits per heavy atom. The van der Waals surface area contributed by atoms with Crippen LogP contribution < -0.4 is 9.80 Å². The second-order valence-corrected chi connectivity index (χ2v) is 7.74. The van der Waals surface area contributed by atoms with E-state index in [4.69, 9.17) is 0 Å². The maximum absolute atomic E-state index is 13.2. The number of piperidine rings is 1. The minimum Gasteiger partial charge on any atom is -0.354 e. The lowest BCUT2D eigenvalue weighted by Gasteiger charge is -2.39. The number of hydrogen-bond acceptors (Lipinski definition) is 9. The van der Waals surface area contributed by atoms with Gasteiger partial charge in [0.1, 0.15) is 12.7 Å². The number of aromatic nitrogens is 7. The van der Waals surface area contributed by atoms with Crippen molar-refractivity contribution in [2.45, 2.75) is 12.8 Å². The highest BCUT2D eigenvalue weighted by Crippen LogP contribution is 2.24. The van der Waals surface area contributed by atoms with Gasteiger partial charge >= 0.3 is 0 Å². The maximum Gasteiger partial charge on any atom is 0.227 e. The van der Waals surface area contributed by atoms with Gasteiger partial charge in [0, 0.05) is 51.7 Å². The Bertz CT molecular complexity index is 987. The van der Waals surface area contributed by atoms with Crippen LogP contribution in [0.3, 0.4) is 0 Å². The van der Waals surface area contributed by atoms with Gasteiger partial charge in [-0.05, 0) is 31.0 Å². The van der Waals surface area contributed by atoms with Crippen LogP contribution in [0.25, 0.3) is 5.82 Å². The molecule has 3 aromatic rings. The van der Waals surface area contributed by atoms with Gasteiger partial charge in [-0.2, -0.15) is 5.10 Å². The van der Waals surface area contributed by atoms with Crippen LogP contribution in [0, 0.1) is 5.92 Å². The van der Waals surface area contributed by atoms with Crippen LogP contribution in [0.2, 0.25) is 0 Å². The van der Waals surface area contributed by atoms with E-state index in [1.54, 1.807) is 23.4 Å². The lowest BCUT2D eigenvalue weighted by atomic mass is 9.96. The first-order valence-corrected chi connectivity index (χ1v) is 10.5. The molecule has 0 spiro atoms. The second-order valence-electron chi connectivity index (χ2n) is 7.74. The van der Waals surface area contributed by atoms with Gasteiger partial charge in [0.15, 0.2) is 11.6 Å². The molecular weight excluding hydrogens is 396 g/mol. The molecule has 31 heavy (non-hydrogen) atoms. The van der Waals surface area contributed by atoms with Crippen LogP contribution in [0.15, 0.2) is 43.2 Å². The highest BCUT2D eigenvalue weighted by atomic mass is 16.2. The van der Waals surface area contributed by atoms with E-state index in [9.17, 15) is 4.79 Å². The third kappa shape index (κ3) is 4.16. The van der Waals surface area contributed by atoms with Crippen molar-refractivity contribution >= 4 is 17.7 Å². The molecular formula is C20H24N10O. The molecule has 0 aliphatic carbocycles. The predicted molar refractivity (Wildman–Crippen MR) is 113 cm³/mol. The fourth-order valence-corrected chi connectivity index (χ4v) is 4.16. The predicted octanol–water partition coefficient (Wildman–Crippen LogP) is 0.413. The summed E-state index contributed by atoms with van der Waals surface area (Å²) in [6, 6.07) is 5.60. The summed E-state index contributed by atoms with van der Waals surface area (Å²) >= 11 is 0. The molecule has 0 aromatic carbocycles. The Morgan fingerprint density at radius 2 is 1.71 bits per heavy atom. The lowest BCUT2D eigenvalue weighted by molar-refractivity contribution is -0.136. The van der Waals surface area contributed by atoms with Crippen molar-refractivity contribution in [1.82, 2.24) is 39.8 Å². The normalized spacial score (nSPS) is 19.5. The van der Waals surface area contributed by atoms with Crippen LogP contribution >= 0.6 is 0 Å². The zero-order valence-corrected chi connectivity index (χ0v) is 17.2. The molecule has 1 atom stereocenters. The smallest absolute Gasteiger partial charge is 0.227 e. The summed E-state index contributed by atoms with van der Waals surface area (Å²) in [6.45, 7) is 4.43. The second kappa shape index (κ2) is 8.62. The van der Waals surface area contributed by atoms with Crippen LogP contribution in [0.5, 0.6) is 0 Å². The lowest BCUT2D eigenvalue weighted by Crippen LogP contribution is -2.53.